The first-order valence-electron chi connectivity index (χ1n) is 15.7. The first kappa shape index (κ1) is 28.1. The molecule has 12 heteroatoms. The van der Waals surface area contributed by atoms with Crippen LogP contribution in [0.4, 0.5) is 11.4 Å². The topological polar surface area (TPSA) is 108 Å². The van der Waals surface area contributed by atoms with Crippen LogP contribution in [-0.2, 0) is 14.3 Å². The maximum Gasteiger partial charge on any atom is 0.249 e. The summed E-state index contributed by atoms with van der Waals surface area (Å²) < 4.78 is 5.94. The van der Waals surface area contributed by atoms with Crippen molar-refractivity contribution in [3.63, 3.8) is 0 Å². The van der Waals surface area contributed by atoms with Gasteiger partial charge in [-0.1, -0.05) is 12.2 Å². The molecular formula is C30H45N9O3. The predicted molar refractivity (Wildman–Crippen MR) is 160 cm³/mol. The number of hydrogen-bond acceptors (Lipinski definition) is 10. The Hall–Kier alpha value is -2.74. The quantitative estimate of drug-likeness (QED) is 0.375. The van der Waals surface area contributed by atoms with Gasteiger partial charge in [-0.15, -0.1) is 0 Å². The van der Waals surface area contributed by atoms with E-state index in [0.717, 1.165) is 51.0 Å². The van der Waals surface area contributed by atoms with E-state index < -0.39 is 0 Å². The Morgan fingerprint density at radius 2 is 1.83 bits per heavy atom. The number of piperidine rings is 1. The summed E-state index contributed by atoms with van der Waals surface area (Å²) in [7, 11) is 2.18. The maximum absolute atomic E-state index is 13.7. The van der Waals surface area contributed by atoms with Crippen molar-refractivity contribution in [2.24, 2.45) is 5.92 Å². The molecule has 0 saturated carbocycles. The number of carbonyl (C=O) groups is 2. The summed E-state index contributed by atoms with van der Waals surface area (Å²) in [5.74, 6) is -0.0416. The number of anilines is 2. The first-order valence-corrected chi connectivity index (χ1v) is 15.7. The smallest absolute Gasteiger partial charge is 0.249 e. The zero-order chi connectivity index (χ0) is 28.8. The molecule has 12 nitrogen and oxygen atoms in total. The van der Waals surface area contributed by atoms with Gasteiger partial charge in [-0.05, 0) is 63.9 Å². The summed E-state index contributed by atoms with van der Waals surface area (Å²) in [5.41, 5.74) is 2.27. The molecule has 7 atom stereocenters. The molecule has 6 aliphatic heterocycles. The molecule has 0 radical (unpaired) electrons. The van der Waals surface area contributed by atoms with Gasteiger partial charge < -0.3 is 24.8 Å². The van der Waals surface area contributed by atoms with Gasteiger partial charge in [0.1, 0.15) is 19.1 Å². The second-order valence-corrected chi connectivity index (χ2v) is 12.6. The summed E-state index contributed by atoms with van der Waals surface area (Å²) in [6.07, 6.45) is 7.02. The molecule has 6 aliphatic rings. The van der Waals surface area contributed by atoms with E-state index in [1.807, 2.05) is 9.91 Å². The molecule has 4 N–H and O–H groups in total. The highest BCUT2D eigenvalue weighted by atomic mass is 16.5. The van der Waals surface area contributed by atoms with Gasteiger partial charge in [-0.3, -0.25) is 30.5 Å². The number of nitrogens with zero attached hydrogens (tertiary/aromatic N) is 5. The van der Waals surface area contributed by atoms with Crippen LogP contribution in [0.1, 0.15) is 32.6 Å². The van der Waals surface area contributed by atoms with Crippen molar-refractivity contribution in [2.45, 2.75) is 69.5 Å². The molecular weight excluding hydrogens is 534 g/mol. The average molecular weight is 580 g/mol. The Morgan fingerprint density at radius 1 is 0.976 bits per heavy atom. The van der Waals surface area contributed by atoms with E-state index in [1.165, 1.54) is 5.69 Å². The Labute approximate surface area is 248 Å². The molecule has 6 unspecified atom stereocenters. The van der Waals surface area contributed by atoms with E-state index >= 15 is 0 Å². The summed E-state index contributed by atoms with van der Waals surface area (Å²) in [6.45, 7) is 7.44. The average Bonchev–Trinajstić information content (AvgIpc) is 3.25. The van der Waals surface area contributed by atoms with Crippen LogP contribution in [-0.4, -0.2) is 121 Å². The van der Waals surface area contributed by atoms with E-state index in [9.17, 15) is 9.59 Å². The molecule has 6 heterocycles. The van der Waals surface area contributed by atoms with E-state index in [2.05, 4.69) is 86.5 Å². The summed E-state index contributed by atoms with van der Waals surface area (Å²) in [6, 6.07) is 9.15. The number of amides is 2. The van der Waals surface area contributed by atoms with Gasteiger partial charge in [0.15, 0.2) is 0 Å². The van der Waals surface area contributed by atoms with Gasteiger partial charge in [0, 0.05) is 50.1 Å². The number of hydrogen-bond donors (Lipinski definition) is 4. The van der Waals surface area contributed by atoms with E-state index in [4.69, 9.17) is 4.74 Å². The number of carbonyl (C=O) groups excluding carboxylic acids is 2. The molecule has 2 bridgehead atoms. The van der Waals surface area contributed by atoms with Crippen LogP contribution < -0.4 is 26.2 Å². The van der Waals surface area contributed by atoms with Crippen LogP contribution >= 0.6 is 0 Å². The molecule has 0 spiro atoms. The summed E-state index contributed by atoms with van der Waals surface area (Å²) in [4.78, 5) is 33.4. The number of likely N-dealkylation sites (N-methyl/N-ethyl adjacent to an activating group) is 1. The van der Waals surface area contributed by atoms with Crippen molar-refractivity contribution in [1.82, 2.24) is 35.8 Å². The number of fused-ring (bicyclic) bond motifs is 5. The Kier molecular flexibility index (Phi) is 7.84. The minimum absolute atomic E-state index is 0.0211. The zero-order valence-electron chi connectivity index (χ0n) is 24.7. The molecule has 228 valence electrons. The number of ether oxygens (including phenoxy) is 1. The van der Waals surface area contributed by atoms with Crippen molar-refractivity contribution in [3.05, 3.63) is 36.4 Å². The number of benzene rings is 1. The fourth-order valence-electron chi connectivity index (χ4n) is 7.61. The highest BCUT2D eigenvalue weighted by Gasteiger charge is 2.53. The van der Waals surface area contributed by atoms with Gasteiger partial charge >= 0.3 is 0 Å². The van der Waals surface area contributed by atoms with Crippen LogP contribution in [0.5, 0.6) is 0 Å². The van der Waals surface area contributed by atoms with Gasteiger partial charge in [-0.25, -0.2) is 0 Å². The lowest BCUT2D eigenvalue weighted by Gasteiger charge is -2.50. The van der Waals surface area contributed by atoms with Gasteiger partial charge in [0.2, 0.25) is 11.8 Å². The molecule has 5 saturated heterocycles. The number of morpholine rings is 1. The van der Waals surface area contributed by atoms with Crippen LogP contribution in [0.25, 0.3) is 0 Å². The molecule has 42 heavy (non-hydrogen) atoms. The SMILES string of the molecule is C[C@H]1CN(C)CCN1c1ccc(NC2NCC3C(=O)N4C/C=C\CCCN5C(=O)COC6CCC(NC65)N4C3N2)cc1. The van der Waals surface area contributed by atoms with Crippen molar-refractivity contribution in [3.8, 4) is 0 Å². The normalized spacial score (nSPS) is 37.0. The summed E-state index contributed by atoms with van der Waals surface area (Å²) >= 11 is 0. The van der Waals surface area contributed by atoms with Gasteiger partial charge in [0.05, 0.1) is 30.9 Å². The van der Waals surface area contributed by atoms with Crippen LogP contribution in [0.15, 0.2) is 36.4 Å². The second-order valence-electron chi connectivity index (χ2n) is 12.6. The third-order valence-electron chi connectivity index (χ3n) is 9.79. The maximum atomic E-state index is 13.7. The monoisotopic (exact) mass is 579 g/mol. The number of nitrogens with one attached hydrogen (secondary N) is 4. The first-order chi connectivity index (χ1) is 20.5. The number of piperazine rings is 1. The van der Waals surface area contributed by atoms with Gasteiger partial charge in [0.25, 0.3) is 0 Å². The number of rotatable bonds is 3. The van der Waals surface area contributed by atoms with Crippen molar-refractivity contribution >= 4 is 23.2 Å². The standard InChI is InChI=1S/C30H45N9O3/c1-20-18-35(2)15-16-36(20)22-9-7-21(8-10-22)32-30-31-17-23-27(34-30)39-25-12-11-24-28(33-25)37(26(40)19-42-24)13-5-3-4-6-14-38(39)29(23)41/h4,6-10,20,23-25,27-28,30-34H,3,5,11-19H2,1-2H3/b6-4-/t20-,23?,24?,25?,27?,28?,30?/m0/s1. The second kappa shape index (κ2) is 11.7. The predicted octanol–water partition coefficient (Wildman–Crippen LogP) is 0.330. The highest BCUT2D eigenvalue weighted by molar-refractivity contribution is 5.82. The molecule has 7 rings (SSSR count). The Balaban J connectivity index is 1.08. The van der Waals surface area contributed by atoms with Crippen molar-refractivity contribution < 1.29 is 14.3 Å². The van der Waals surface area contributed by atoms with Crippen LogP contribution in [0.2, 0.25) is 0 Å². The fourth-order valence-corrected chi connectivity index (χ4v) is 7.61. The molecule has 0 aromatic heterocycles. The molecule has 1 aromatic carbocycles. The zero-order valence-corrected chi connectivity index (χ0v) is 24.7. The van der Waals surface area contributed by atoms with Crippen molar-refractivity contribution in [2.75, 3.05) is 63.1 Å². The van der Waals surface area contributed by atoms with E-state index in [-0.39, 0.29) is 55.2 Å². The van der Waals surface area contributed by atoms with Crippen LogP contribution in [0, 0.1) is 5.92 Å². The molecule has 5 fully saturated rings. The third-order valence-corrected chi connectivity index (χ3v) is 9.79. The van der Waals surface area contributed by atoms with Crippen molar-refractivity contribution in [1.29, 1.82) is 0 Å². The van der Waals surface area contributed by atoms with Gasteiger partial charge in [-0.2, -0.15) is 5.01 Å². The fraction of sp³-hybridized carbons (Fsp3) is 0.667. The highest BCUT2D eigenvalue weighted by Crippen LogP contribution is 2.34. The number of hydrazine groups is 1. The Morgan fingerprint density at radius 3 is 2.67 bits per heavy atom. The summed E-state index contributed by atoms with van der Waals surface area (Å²) in [5, 5.41) is 18.7. The molecule has 2 amide bonds. The van der Waals surface area contributed by atoms with E-state index in [1.54, 1.807) is 0 Å². The van der Waals surface area contributed by atoms with Crippen LogP contribution in [0.3, 0.4) is 0 Å². The minimum atomic E-state index is -0.206. The minimum Gasteiger partial charge on any atom is -0.366 e. The third kappa shape index (κ3) is 5.29. The molecule has 1 aromatic rings. The number of allylic oxidation sites excluding steroid dienone is 1. The Bertz CT molecular complexity index is 1180. The lowest BCUT2D eigenvalue weighted by atomic mass is 9.99. The lowest BCUT2D eigenvalue weighted by molar-refractivity contribution is -0.176. The molecule has 0 aliphatic carbocycles. The van der Waals surface area contributed by atoms with E-state index in [0.29, 0.717) is 25.7 Å². The largest absolute Gasteiger partial charge is 0.366 e. The lowest BCUT2D eigenvalue weighted by Crippen LogP contribution is -2.72.